The summed E-state index contributed by atoms with van der Waals surface area (Å²) in [6, 6.07) is 19.4. The van der Waals surface area contributed by atoms with Crippen LogP contribution < -0.4 is 14.4 Å². The molecule has 3 aromatic rings. The van der Waals surface area contributed by atoms with Crippen LogP contribution in [-0.2, 0) is 26.2 Å². The Morgan fingerprint density at radius 3 is 2.05 bits per heavy atom. The summed E-state index contributed by atoms with van der Waals surface area (Å²) in [5, 5.41) is 2.89. The molecule has 0 saturated heterocycles. The first-order chi connectivity index (χ1) is 19.6. The second kappa shape index (κ2) is 15.4. The molecule has 0 spiro atoms. The average Bonchev–Trinajstić information content (AvgIpc) is 2.96. The average molecular weight is 710 g/mol. The van der Waals surface area contributed by atoms with Gasteiger partial charge < -0.3 is 15.0 Å². The van der Waals surface area contributed by atoms with Crippen LogP contribution in [0.2, 0.25) is 0 Å². The Balaban J connectivity index is 2.00. The van der Waals surface area contributed by atoms with E-state index >= 15 is 0 Å². The summed E-state index contributed by atoms with van der Waals surface area (Å²) >= 11 is 6.76. The summed E-state index contributed by atoms with van der Waals surface area (Å²) in [5.74, 6) is -0.231. The van der Waals surface area contributed by atoms with E-state index in [0.29, 0.717) is 24.6 Å². The van der Waals surface area contributed by atoms with Gasteiger partial charge in [-0.05, 0) is 86.5 Å². The topological polar surface area (TPSA) is 96.0 Å². The fourth-order valence-electron chi connectivity index (χ4n) is 4.04. The van der Waals surface area contributed by atoms with Gasteiger partial charge in [0.2, 0.25) is 11.8 Å². The van der Waals surface area contributed by atoms with E-state index in [9.17, 15) is 18.0 Å². The molecule has 1 N–H and O–H groups in total. The van der Waals surface area contributed by atoms with E-state index in [2.05, 4.69) is 37.2 Å². The number of benzene rings is 3. The molecular formula is C30H35Br2N3O5S. The van der Waals surface area contributed by atoms with Crippen molar-refractivity contribution in [3.05, 3.63) is 87.3 Å². The highest BCUT2D eigenvalue weighted by Crippen LogP contribution is 2.27. The number of ether oxygens (including phenoxy) is 1. The van der Waals surface area contributed by atoms with E-state index in [1.54, 1.807) is 43.3 Å². The smallest absolute Gasteiger partial charge is 0.264 e. The van der Waals surface area contributed by atoms with E-state index in [1.807, 2.05) is 38.1 Å². The summed E-state index contributed by atoms with van der Waals surface area (Å²) < 4.78 is 36.0. The third-order valence-electron chi connectivity index (χ3n) is 6.38. The van der Waals surface area contributed by atoms with Crippen LogP contribution in [0.25, 0.3) is 0 Å². The van der Waals surface area contributed by atoms with Crippen LogP contribution in [0.15, 0.2) is 86.6 Å². The number of nitrogens with one attached hydrogen (secondary N) is 1. The fourth-order valence-corrected chi connectivity index (χ4v) is 5.99. The minimum Gasteiger partial charge on any atom is -0.494 e. The molecule has 0 aliphatic heterocycles. The number of unbranched alkanes of at least 4 members (excludes halogenated alkanes) is 1. The summed E-state index contributed by atoms with van der Waals surface area (Å²) in [5.41, 5.74) is 1.10. The zero-order chi connectivity index (χ0) is 30.0. The van der Waals surface area contributed by atoms with E-state index in [-0.39, 0.29) is 17.3 Å². The Kier molecular flexibility index (Phi) is 12.2. The molecule has 3 rings (SSSR count). The molecule has 0 aliphatic rings. The molecule has 0 bridgehead atoms. The van der Waals surface area contributed by atoms with Crippen molar-refractivity contribution in [1.29, 1.82) is 0 Å². The van der Waals surface area contributed by atoms with Crippen molar-refractivity contribution in [3.8, 4) is 5.75 Å². The van der Waals surface area contributed by atoms with Crippen molar-refractivity contribution in [2.75, 3.05) is 24.0 Å². The molecule has 0 aliphatic carbocycles. The summed E-state index contributed by atoms with van der Waals surface area (Å²) in [7, 11) is -4.15. The number of carbonyl (C=O) groups is 2. The van der Waals surface area contributed by atoms with E-state index in [4.69, 9.17) is 4.74 Å². The van der Waals surface area contributed by atoms with Crippen molar-refractivity contribution in [1.82, 2.24) is 10.2 Å². The zero-order valence-electron chi connectivity index (χ0n) is 23.3. The Morgan fingerprint density at radius 1 is 0.902 bits per heavy atom. The molecule has 0 heterocycles. The first-order valence-corrected chi connectivity index (χ1v) is 16.4. The maximum atomic E-state index is 14.0. The van der Waals surface area contributed by atoms with Crippen molar-refractivity contribution in [3.63, 3.8) is 0 Å². The van der Waals surface area contributed by atoms with Crippen LogP contribution in [0.5, 0.6) is 5.75 Å². The van der Waals surface area contributed by atoms with Crippen LogP contribution in [-0.4, -0.2) is 50.9 Å². The summed E-state index contributed by atoms with van der Waals surface area (Å²) in [6.07, 6.45) is 1.73. The molecule has 41 heavy (non-hydrogen) atoms. The molecule has 2 amide bonds. The van der Waals surface area contributed by atoms with Gasteiger partial charge in [0.05, 0.1) is 17.2 Å². The molecule has 3 aromatic carbocycles. The molecule has 0 aromatic heterocycles. The van der Waals surface area contributed by atoms with Crippen LogP contribution in [0.4, 0.5) is 5.69 Å². The zero-order valence-corrected chi connectivity index (χ0v) is 27.3. The lowest BCUT2D eigenvalue weighted by Crippen LogP contribution is -2.51. The molecule has 8 nitrogen and oxygen atoms in total. The third-order valence-corrected chi connectivity index (χ3v) is 9.22. The number of nitrogens with zero attached hydrogens (tertiary/aromatic N) is 2. The lowest BCUT2D eigenvalue weighted by molar-refractivity contribution is -0.139. The lowest BCUT2D eigenvalue weighted by Gasteiger charge is -2.32. The molecule has 1 atom stereocenters. The van der Waals surface area contributed by atoms with Crippen LogP contribution in [0.3, 0.4) is 0 Å². The van der Waals surface area contributed by atoms with Gasteiger partial charge in [-0.15, -0.1) is 0 Å². The normalized spacial score (nSPS) is 11.9. The molecular weight excluding hydrogens is 674 g/mol. The van der Waals surface area contributed by atoms with Gasteiger partial charge in [0.15, 0.2) is 0 Å². The van der Waals surface area contributed by atoms with Gasteiger partial charge in [-0.25, -0.2) is 8.42 Å². The van der Waals surface area contributed by atoms with Gasteiger partial charge >= 0.3 is 0 Å². The molecule has 0 saturated carbocycles. The van der Waals surface area contributed by atoms with Gasteiger partial charge in [0.1, 0.15) is 18.3 Å². The predicted octanol–water partition coefficient (Wildman–Crippen LogP) is 6.14. The standard InChI is InChI=1S/C30H35Br2N3O5S/c1-4-6-19-33-30(37)22(3)34(20-23-7-9-24(31)10-8-23)29(36)21-35(26-13-15-27(16-14-26)40-5-2)41(38,39)28-17-11-25(32)12-18-28/h7-18,22H,4-6,19-21H2,1-3H3,(H,33,37)/t22-/m0/s1. The fraction of sp³-hybridized carbons (Fsp3) is 0.333. The van der Waals surface area contributed by atoms with Gasteiger partial charge in [-0.2, -0.15) is 0 Å². The largest absolute Gasteiger partial charge is 0.494 e. The van der Waals surface area contributed by atoms with Gasteiger partial charge in [-0.1, -0.05) is 57.3 Å². The van der Waals surface area contributed by atoms with E-state index in [1.165, 1.54) is 17.0 Å². The number of halogens is 2. The van der Waals surface area contributed by atoms with Crippen LogP contribution >= 0.6 is 31.9 Å². The Labute approximate surface area is 259 Å². The van der Waals surface area contributed by atoms with Gasteiger partial charge in [0.25, 0.3) is 10.0 Å². The van der Waals surface area contributed by atoms with Gasteiger partial charge in [-0.3, -0.25) is 13.9 Å². The second-order valence-corrected chi connectivity index (χ2v) is 13.1. The minimum absolute atomic E-state index is 0.0344. The molecule has 220 valence electrons. The first-order valence-electron chi connectivity index (χ1n) is 13.4. The van der Waals surface area contributed by atoms with Crippen molar-refractivity contribution < 1.29 is 22.7 Å². The van der Waals surface area contributed by atoms with E-state index in [0.717, 1.165) is 31.7 Å². The Bertz CT molecular complexity index is 1400. The molecule has 0 radical (unpaired) electrons. The number of sulfonamides is 1. The number of hydrogen-bond donors (Lipinski definition) is 1. The van der Waals surface area contributed by atoms with Gasteiger partial charge in [0, 0.05) is 22.0 Å². The molecule has 0 fully saturated rings. The van der Waals surface area contributed by atoms with Crippen LogP contribution in [0.1, 0.15) is 39.2 Å². The summed E-state index contributed by atoms with van der Waals surface area (Å²) in [6.45, 7) is 6.12. The van der Waals surface area contributed by atoms with Crippen molar-refractivity contribution in [2.45, 2.75) is 51.1 Å². The number of anilines is 1. The first kappa shape index (κ1) is 32.6. The SMILES string of the molecule is CCCCNC(=O)[C@H](C)N(Cc1ccc(Br)cc1)C(=O)CN(c1ccc(OCC)cc1)S(=O)(=O)c1ccc(Br)cc1. The van der Waals surface area contributed by atoms with Crippen LogP contribution in [0, 0.1) is 0 Å². The minimum atomic E-state index is -4.15. The quantitative estimate of drug-likeness (QED) is 0.203. The predicted molar refractivity (Wildman–Crippen MR) is 168 cm³/mol. The Morgan fingerprint density at radius 2 is 1.49 bits per heavy atom. The monoisotopic (exact) mass is 707 g/mol. The number of hydrogen-bond acceptors (Lipinski definition) is 5. The molecule has 0 unspecified atom stereocenters. The highest BCUT2D eigenvalue weighted by atomic mass is 79.9. The maximum absolute atomic E-state index is 14.0. The number of rotatable bonds is 14. The highest BCUT2D eigenvalue weighted by Gasteiger charge is 2.32. The summed E-state index contributed by atoms with van der Waals surface area (Å²) in [4.78, 5) is 28.5. The maximum Gasteiger partial charge on any atom is 0.264 e. The highest BCUT2D eigenvalue weighted by molar-refractivity contribution is 9.10. The third kappa shape index (κ3) is 9.05. The molecule has 11 heteroatoms. The Hall–Kier alpha value is -2.89. The van der Waals surface area contributed by atoms with Crippen molar-refractivity contribution in [2.24, 2.45) is 0 Å². The number of carbonyl (C=O) groups excluding carboxylic acids is 2. The lowest BCUT2D eigenvalue weighted by atomic mass is 10.1. The second-order valence-electron chi connectivity index (χ2n) is 9.36. The van der Waals surface area contributed by atoms with Crippen molar-refractivity contribution >= 4 is 59.4 Å². The van der Waals surface area contributed by atoms with E-state index < -0.39 is 28.5 Å². The number of amides is 2.